The van der Waals surface area contributed by atoms with Crippen molar-refractivity contribution in [3.05, 3.63) is 34.9 Å². The summed E-state index contributed by atoms with van der Waals surface area (Å²) in [4.78, 5) is 32.4. The summed E-state index contributed by atoms with van der Waals surface area (Å²) in [5.41, 5.74) is 2.42. The Morgan fingerprint density at radius 2 is 1.33 bits per heavy atom. The van der Waals surface area contributed by atoms with Crippen molar-refractivity contribution >= 4 is 12.0 Å². The van der Waals surface area contributed by atoms with Crippen LogP contribution in [-0.2, 0) is 11.3 Å². The van der Waals surface area contributed by atoms with Crippen LogP contribution in [-0.4, -0.2) is 109 Å². The molecule has 13 heteroatoms. The number of aryl methyl sites for hydroxylation is 1. The Kier molecular flexibility index (Phi) is 9.47. The molecule has 0 atom stereocenters. The molecule has 2 aliphatic heterocycles. The number of nitrogens with zero attached hydrogens (tertiary/aromatic N) is 4. The molecule has 0 saturated carbocycles. The molecule has 0 radical (unpaired) electrons. The predicted octanol–water partition coefficient (Wildman–Crippen LogP) is 4.55. The number of hydrogen-bond acceptors (Lipinski definition) is 5. The number of halogens is 6. The Labute approximate surface area is 224 Å². The van der Waals surface area contributed by atoms with Gasteiger partial charge in [0.1, 0.15) is 0 Å². The second-order valence-corrected chi connectivity index (χ2v) is 11.4. The lowest BCUT2D eigenvalue weighted by molar-refractivity contribution is -0.308. The molecule has 0 bridgehead atoms. The highest BCUT2D eigenvalue weighted by atomic mass is 19.4. The highest BCUT2D eigenvalue weighted by molar-refractivity contribution is 5.96. The van der Waals surface area contributed by atoms with Gasteiger partial charge in [0.15, 0.2) is 0 Å². The number of ether oxygens (including phenoxy) is 1. The molecule has 1 aromatic carbocycles. The van der Waals surface area contributed by atoms with Gasteiger partial charge in [0.05, 0.1) is 0 Å². The maximum absolute atomic E-state index is 13.4. The lowest BCUT2D eigenvalue weighted by atomic mass is 9.95. The van der Waals surface area contributed by atoms with Crippen LogP contribution in [0.1, 0.15) is 42.3 Å². The molecule has 3 rings (SSSR count). The van der Waals surface area contributed by atoms with Gasteiger partial charge in [-0.15, -0.1) is 0 Å². The van der Waals surface area contributed by atoms with Crippen LogP contribution < -0.4 is 0 Å². The van der Waals surface area contributed by atoms with E-state index in [1.54, 1.807) is 0 Å². The largest absolute Gasteiger partial charge is 0.434 e. The average molecular weight is 567 g/mol. The fourth-order valence-electron chi connectivity index (χ4n) is 4.80. The number of benzene rings is 1. The lowest BCUT2D eigenvalue weighted by Crippen LogP contribution is -2.52. The van der Waals surface area contributed by atoms with Gasteiger partial charge in [-0.2, -0.15) is 26.3 Å². The summed E-state index contributed by atoms with van der Waals surface area (Å²) in [6, 6.07) is 5.58. The number of carbonyl (C=O) groups excluding carboxylic acids is 2. The van der Waals surface area contributed by atoms with E-state index in [0.29, 0.717) is 25.2 Å². The Bertz CT molecular complexity index is 994. The summed E-state index contributed by atoms with van der Waals surface area (Å²) in [6.07, 6.45) is -17.4. The fourth-order valence-corrected chi connectivity index (χ4v) is 4.80. The Morgan fingerprint density at radius 1 is 0.821 bits per heavy atom. The second-order valence-electron chi connectivity index (χ2n) is 11.4. The number of rotatable bonds is 5. The van der Waals surface area contributed by atoms with Crippen molar-refractivity contribution in [2.75, 3.05) is 58.9 Å². The van der Waals surface area contributed by atoms with Crippen molar-refractivity contribution in [2.45, 2.75) is 52.7 Å². The quantitative estimate of drug-likeness (QED) is 0.490. The third-order valence-electron chi connectivity index (χ3n) is 6.69. The average Bonchev–Trinajstić information content (AvgIpc) is 2.81. The molecule has 0 N–H and O–H groups in total. The molecule has 0 aliphatic carbocycles. The topological polar surface area (TPSA) is 56.3 Å². The van der Waals surface area contributed by atoms with E-state index in [0.717, 1.165) is 35.7 Å². The summed E-state index contributed by atoms with van der Waals surface area (Å²) in [5.74, 6) is -0.0725. The molecule has 2 saturated heterocycles. The first-order valence-corrected chi connectivity index (χ1v) is 12.9. The predicted molar refractivity (Wildman–Crippen MR) is 132 cm³/mol. The fraction of sp³-hybridized carbons (Fsp3) is 0.692. The molecule has 0 spiro atoms. The van der Waals surface area contributed by atoms with Crippen LogP contribution in [0.15, 0.2) is 18.2 Å². The van der Waals surface area contributed by atoms with Gasteiger partial charge in [0.2, 0.25) is 0 Å². The van der Waals surface area contributed by atoms with E-state index in [9.17, 15) is 35.9 Å². The molecular weight excluding hydrogens is 530 g/mol. The normalized spacial score (nSPS) is 18.5. The van der Waals surface area contributed by atoms with E-state index in [-0.39, 0.29) is 37.5 Å². The van der Waals surface area contributed by atoms with E-state index in [4.69, 9.17) is 0 Å². The van der Waals surface area contributed by atoms with E-state index < -0.39 is 24.5 Å². The minimum atomic E-state index is -5.76. The van der Waals surface area contributed by atoms with Crippen molar-refractivity contribution in [3.63, 3.8) is 0 Å². The van der Waals surface area contributed by atoms with Gasteiger partial charge in [-0.3, -0.25) is 14.6 Å². The smallest absolute Gasteiger partial charge is 0.426 e. The number of piperazine rings is 2. The van der Waals surface area contributed by atoms with Crippen molar-refractivity contribution < 1.29 is 40.7 Å². The van der Waals surface area contributed by atoms with Crippen molar-refractivity contribution in [2.24, 2.45) is 5.41 Å². The summed E-state index contributed by atoms with van der Waals surface area (Å²) in [5, 5.41) is 0. The van der Waals surface area contributed by atoms with E-state index >= 15 is 0 Å². The van der Waals surface area contributed by atoms with Crippen LogP contribution in [0.5, 0.6) is 0 Å². The molecule has 0 aromatic heterocycles. The Hall–Kier alpha value is -2.54. The van der Waals surface area contributed by atoms with Gasteiger partial charge in [0.25, 0.3) is 12.0 Å². The Morgan fingerprint density at radius 3 is 1.85 bits per heavy atom. The van der Waals surface area contributed by atoms with Crippen LogP contribution in [0.2, 0.25) is 0 Å². The first-order valence-electron chi connectivity index (χ1n) is 12.9. The number of amides is 2. The van der Waals surface area contributed by atoms with Gasteiger partial charge in [-0.05, 0) is 24.0 Å². The molecule has 7 nitrogen and oxygen atoms in total. The van der Waals surface area contributed by atoms with Crippen molar-refractivity contribution in [1.82, 2.24) is 19.6 Å². The van der Waals surface area contributed by atoms with Gasteiger partial charge < -0.3 is 14.5 Å². The monoisotopic (exact) mass is 566 g/mol. The van der Waals surface area contributed by atoms with Gasteiger partial charge >= 0.3 is 18.4 Å². The van der Waals surface area contributed by atoms with E-state index in [1.165, 1.54) is 0 Å². The molecular formula is C26H36F6N4O3. The van der Waals surface area contributed by atoms with Gasteiger partial charge in [-0.25, -0.2) is 4.79 Å². The van der Waals surface area contributed by atoms with Crippen LogP contribution in [0.3, 0.4) is 0 Å². The minimum Gasteiger partial charge on any atom is -0.426 e. The number of hydrogen-bond donors (Lipinski definition) is 0. The third-order valence-corrected chi connectivity index (χ3v) is 6.69. The van der Waals surface area contributed by atoms with Crippen LogP contribution in [0, 0.1) is 12.3 Å². The maximum atomic E-state index is 13.4. The van der Waals surface area contributed by atoms with Crippen LogP contribution in [0.25, 0.3) is 0 Å². The highest BCUT2D eigenvalue weighted by Gasteiger charge is 2.60. The molecule has 2 fully saturated rings. The van der Waals surface area contributed by atoms with Crippen LogP contribution >= 0.6 is 0 Å². The zero-order valence-corrected chi connectivity index (χ0v) is 22.7. The zero-order valence-electron chi connectivity index (χ0n) is 22.7. The molecule has 39 heavy (non-hydrogen) atoms. The van der Waals surface area contributed by atoms with Crippen LogP contribution in [0.4, 0.5) is 31.1 Å². The maximum Gasteiger partial charge on any atom is 0.434 e. The minimum absolute atomic E-state index is 0.0725. The molecule has 2 heterocycles. The molecule has 1 aromatic rings. The lowest BCUT2D eigenvalue weighted by Gasteiger charge is -2.38. The van der Waals surface area contributed by atoms with Gasteiger partial charge in [-0.1, -0.05) is 38.5 Å². The number of carbonyl (C=O) groups is 2. The first-order chi connectivity index (χ1) is 17.9. The SMILES string of the molecule is Cc1ccc(CN2CCN(C(=O)OC(C(F)(F)F)C(F)(F)F)CC2)c(C(=O)N2CCN(CC(C)(C)C)CC2)c1. The summed E-state index contributed by atoms with van der Waals surface area (Å²) in [6.45, 7) is 12.7. The zero-order chi connectivity index (χ0) is 29.2. The first kappa shape index (κ1) is 31.0. The van der Waals surface area contributed by atoms with Crippen molar-refractivity contribution in [1.29, 1.82) is 0 Å². The van der Waals surface area contributed by atoms with E-state index in [2.05, 4.69) is 30.4 Å². The van der Waals surface area contributed by atoms with Gasteiger partial charge in [0, 0.05) is 71.0 Å². The second kappa shape index (κ2) is 11.9. The number of alkyl halides is 6. The van der Waals surface area contributed by atoms with E-state index in [1.807, 2.05) is 34.9 Å². The molecule has 2 amide bonds. The molecule has 0 unspecified atom stereocenters. The third kappa shape index (κ3) is 8.72. The van der Waals surface area contributed by atoms with Crippen molar-refractivity contribution in [3.8, 4) is 0 Å². The summed E-state index contributed by atoms with van der Waals surface area (Å²) >= 11 is 0. The summed E-state index contributed by atoms with van der Waals surface area (Å²) in [7, 11) is 0. The summed E-state index contributed by atoms with van der Waals surface area (Å²) < 4.78 is 80.2. The Balaban J connectivity index is 1.59. The highest BCUT2D eigenvalue weighted by Crippen LogP contribution is 2.36. The standard InChI is InChI=1S/C26H36F6N4O3/c1-18-5-6-19(20(15-18)21(37)35-11-9-34(10-12-35)17-24(2,3)4)16-33-7-13-36(14-8-33)23(38)39-22(25(27,28)29)26(30,31)32/h5-6,15,22H,7-14,16-17H2,1-4H3. The molecule has 220 valence electrons. The molecule has 2 aliphatic rings.